The minimum absolute atomic E-state index is 0.278. The van der Waals surface area contributed by atoms with Crippen molar-refractivity contribution in [3.63, 3.8) is 0 Å². The summed E-state index contributed by atoms with van der Waals surface area (Å²) < 4.78 is 34.8. The third-order valence-corrected chi connectivity index (χ3v) is 2.82. The Labute approximate surface area is 97.9 Å². The number of carboxylic acid groups (broad SMARTS) is 1. The maximum atomic E-state index is 10.8. The van der Waals surface area contributed by atoms with E-state index < -0.39 is 22.4 Å². The van der Waals surface area contributed by atoms with Crippen molar-refractivity contribution in [3.8, 4) is 0 Å². The Balaban J connectivity index is 3.01. The molecule has 1 unspecified atom stereocenters. The maximum Gasteiger partial charge on any atom is 0.506 e. The molecular formula is C10H10O6S. The fraction of sp³-hybridized carbons (Fsp3) is 0.100. The summed E-state index contributed by atoms with van der Waals surface area (Å²) in [6, 6.07) is 4.95. The molecule has 0 saturated carbocycles. The highest BCUT2D eigenvalue weighted by Gasteiger charge is 2.14. The fourth-order valence-corrected chi connectivity index (χ4v) is 1.67. The maximum absolute atomic E-state index is 10.8. The van der Waals surface area contributed by atoms with Gasteiger partial charge in [0, 0.05) is 0 Å². The average molecular weight is 258 g/mol. The second kappa shape index (κ2) is 4.98. The SMILES string of the molecule is C=CC(OC(=O)O)c1ccc(S(=O)(=O)O)cc1. The second-order valence-corrected chi connectivity index (χ2v) is 4.51. The molecule has 0 aliphatic rings. The van der Waals surface area contributed by atoms with Gasteiger partial charge in [-0.05, 0) is 23.8 Å². The van der Waals surface area contributed by atoms with Crippen LogP contribution < -0.4 is 0 Å². The van der Waals surface area contributed by atoms with Crippen LogP contribution in [-0.2, 0) is 14.9 Å². The van der Waals surface area contributed by atoms with Crippen LogP contribution in [0.5, 0.6) is 0 Å². The van der Waals surface area contributed by atoms with Crippen molar-refractivity contribution in [2.45, 2.75) is 11.0 Å². The Bertz CT molecular complexity index is 516. The van der Waals surface area contributed by atoms with Gasteiger partial charge in [-0.25, -0.2) is 4.79 Å². The standard InChI is InChI=1S/C10H10O6S/c1-2-9(16-10(11)12)7-3-5-8(6-4-7)17(13,14)15/h2-6,9H,1H2,(H,11,12)(H,13,14,15). The Morgan fingerprint density at radius 3 is 2.24 bits per heavy atom. The van der Waals surface area contributed by atoms with Crippen LogP contribution in [0.4, 0.5) is 4.79 Å². The van der Waals surface area contributed by atoms with Crippen molar-refractivity contribution in [3.05, 3.63) is 42.5 Å². The van der Waals surface area contributed by atoms with Crippen molar-refractivity contribution >= 4 is 16.3 Å². The molecule has 1 aromatic carbocycles. The molecule has 0 heterocycles. The summed E-state index contributed by atoms with van der Waals surface area (Å²) in [6.45, 7) is 3.41. The lowest BCUT2D eigenvalue weighted by Crippen LogP contribution is -2.07. The molecule has 1 rings (SSSR count). The first kappa shape index (κ1) is 13.2. The molecule has 0 amide bonds. The Morgan fingerprint density at radius 1 is 1.35 bits per heavy atom. The first-order chi connectivity index (χ1) is 7.84. The zero-order valence-corrected chi connectivity index (χ0v) is 9.42. The van der Waals surface area contributed by atoms with E-state index in [0.29, 0.717) is 5.56 Å². The van der Waals surface area contributed by atoms with Crippen LogP contribution >= 0.6 is 0 Å². The number of carbonyl (C=O) groups is 1. The van der Waals surface area contributed by atoms with E-state index in [0.717, 1.165) is 12.1 Å². The molecule has 0 aromatic heterocycles. The van der Waals surface area contributed by atoms with E-state index in [1.54, 1.807) is 0 Å². The molecule has 0 radical (unpaired) electrons. The van der Waals surface area contributed by atoms with Gasteiger partial charge in [0.25, 0.3) is 10.1 Å². The van der Waals surface area contributed by atoms with E-state index in [-0.39, 0.29) is 4.90 Å². The summed E-state index contributed by atoms with van der Waals surface area (Å²) in [6.07, 6.45) is -1.09. The van der Waals surface area contributed by atoms with Gasteiger partial charge < -0.3 is 9.84 Å². The molecule has 17 heavy (non-hydrogen) atoms. The van der Waals surface area contributed by atoms with Crippen LogP contribution in [0.3, 0.4) is 0 Å². The molecule has 0 aliphatic carbocycles. The summed E-state index contributed by atoms with van der Waals surface area (Å²) in [5.74, 6) is 0. The molecule has 1 aromatic rings. The number of hydrogen-bond donors (Lipinski definition) is 2. The van der Waals surface area contributed by atoms with Gasteiger partial charge in [-0.15, -0.1) is 0 Å². The molecule has 6 nitrogen and oxygen atoms in total. The number of ether oxygens (including phenoxy) is 1. The number of hydrogen-bond acceptors (Lipinski definition) is 4. The number of rotatable bonds is 4. The molecule has 0 fully saturated rings. The first-order valence-electron chi connectivity index (χ1n) is 4.44. The molecule has 7 heteroatoms. The normalized spacial score (nSPS) is 12.8. The van der Waals surface area contributed by atoms with E-state index in [4.69, 9.17) is 9.66 Å². The largest absolute Gasteiger partial charge is 0.506 e. The first-order valence-corrected chi connectivity index (χ1v) is 5.88. The van der Waals surface area contributed by atoms with Crippen LogP contribution in [0.25, 0.3) is 0 Å². The smallest absolute Gasteiger partial charge is 0.450 e. The van der Waals surface area contributed by atoms with Gasteiger partial charge in [-0.3, -0.25) is 4.55 Å². The summed E-state index contributed by atoms with van der Waals surface area (Å²) in [5.41, 5.74) is 0.412. The van der Waals surface area contributed by atoms with Crippen LogP contribution in [0.1, 0.15) is 11.7 Å². The van der Waals surface area contributed by atoms with E-state index in [2.05, 4.69) is 11.3 Å². The second-order valence-electron chi connectivity index (χ2n) is 3.08. The van der Waals surface area contributed by atoms with Crippen LogP contribution in [0.15, 0.2) is 41.8 Å². The number of benzene rings is 1. The highest BCUT2D eigenvalue weighted by molar-refractivity contribution is 7.85. The van der Waals surface area contributed by atoms with Crippen molar-refractivity contribution < 1.29 is 27.6 Å². The van der Waals surface area contributed by atoms with E-state index in [1.165, 1.54) is 18.2 Å². The lowest BCUT2D eigenvalue weighted by atomic mass is 10.1. The summed E-state index contributed by atoms with van der Waals surface area (Å²) >= 11 is 0. The van der Waals surface area contributed by atoms with Gasteiger partial charge in [-0.2, -0.15) is 8.42 Å². The molecule has 0 aliphatic heterocycles. The summed E-state index contributed by atoms with van der Waals surface area (Å²) in [4.78, 5) is 10.1. The lowest BCUT2D eigenvalue weighted by Gasteiger charge is -2.11. The minimum Gasteiger partial charge on any atom is -0.450 e. The van der Waals surface area contributed by atoms with Gasteiger partial charge in [0.05, 0.1) is 4.90 Å². The molecule has 2 N–H and O–H groups in total. The van der Waals surface area contributed by atoms with Crippen molar-refractivity contribution in [1.29, 1.82) is 0 Å². The lowest BCUT2D eigenvalue weighted by molar-refractivity contribution is 0.0690. The van der Waals surface area contributed by atoms with Gasteiger partial charge in [0.1, 0.15) is 6.10 Å². The van der Waals surface area contributed by atoms with Gasteiger partial charge in [0.15, 0.2) is 0 Å². The topological polar surface area (TPSA) is 101 Å². The molecule has 1 atom stereocenters. The fourth-order valence-electron chi connectivity index (χ4n) is 1.19. The quantitative estimate of drug-likeness (QED) is 0.485. The van der Waals surface area contributed by atoms with Crippen molar-refractivity contribution in [2.75, 3.05) is 0 Å². The molecule has 92 valence electrons. The van der Waals surface area contributed by atoms with Gasteiger partial charge >= 0.3 is 6.16 Å². The van der Waals surface area contributed by atoms with Crippen LogP contribution in [0.2, 0.25) is 0 Å². The van der Waals surface area contributed by atoms with E-state index in [1.807, 2.05) is 0 Å². The van der Waals surface area contributed by atoms with Crippen LogP contribution in [-0.4, -0.2) is 24.2 Å². The average Bonchev–Trinajstić information content (AvgIpc) is 2.24. The molecular weight excluding hydrogens is 248 g/mol. The third-order valence-electron chi connectivity index (χ3n) is 1.95. The van der Waals surface area contributed by atoms with E-state index >= 15 is 0 Å². The van der Waals surface area contributed by atoms with Crippen molar-refractivity contribution in [1.82, 2.24) is 0 Å². The summed E-state index contributed by atoms with van der Waals surface area (Å²) in [5, 5.41) is 8.45. The Morgan fingerprint density at radius 2 is 1.88 bits per heavy atom. The highest BCUT2D eigenvalue weighted by Crippen LogP contribution is 2.20. The van der Waals surface area contributed by atoms with Gasteiger partial charge in [0.2, 0.25) is 0 Å². The monoisotopic (exact) mass is 258 g/mol. The molecule has 0 bridgehead atoms. The third kappa shape index (κ3) is 3.58. The highest BCUT2D eigenvalue weighted by atomic mass is 32.2. The van der Waals surface area contributed by atoms with E-state index in [9.17, 15) is 13.2 Å². The predicted octanol–water partition coefficient (Wildman–Crippen LogP) is 1.86. The summed E-state index contributed by atoms with van der Waals surface area (Å²) in [7, 11) is -4.26. The zero-order chi connectivity index (χ0) is 13.1. The molecule has 0 spiro atoms. The van der Waals surface area contributed by atoms with Gasteiger partial charge in [-0.1, -0.05) is 18.7 Å². The minimum atomic E-state index is -4.26. The zero-order valence-electron chi connectivity index (χ0n) is 8.61. The molecule has 0 saturated heterocycles. The Hall–Kier alpha value is -1.86. The van der Waals surface area contributed by atoms with Crippen LogP contribution in [0, 0.1) is 0 Å². The van der Waals surface area contributed by atoms with Crippen molar-refractivity contribution in [2.24, 2.45) is 0 Å². The Kier molecular flexibility index (Phi) is 3.87. The predicted molar refractivity (Wildman–Crippen MR) is 58.3 cm³/mol.